The molecule has 2 rings (SSSR count). The van der Waals surface area contributed by atoms with Crippen LogP contribution in [-0.2, 0) is 20.5 Å². The van der Waals surface area contributed by atoms with Gasteiger partial charge in [-0.25, -0.2) is 12.8 Å². The van der Waals surface area contributed by atoms with Crippen LogP contribution < -0.4 is 9.47 Å². The van der Waals surface area contributed by atoms with Crippen LogP contribution in [0.1, 0.15) is 25.0 Å². The number of hydrogen-bond acceptors (Lipinski definition) is 4. The number of halogens is 2. The van der Waals surface area contributed by atoms with Gasteiger partial charge in [0, 0.05) is 10.7 Å². The predicted octanol–water partition coefficient (Wildman–Crippen LogP) is 2.69. The fourth-order valence-electron chi connectivity index (χ4n) is 1.84. The van der Waals surface area contributed by atoms with Crippen molar-refractivity contribution in [2.24, 2.45) is 0 Å². The molecule has 100 valence electrons. The van der Waals surface area contributed by atoms with Crippen molar-refractivity contribution in [3.05, 3.63) is 23.3 Å². The molecular formula is C11H12ClFO4S. The largest absolute Gasteiger partial charge is 0.454 e. The summed E-state index contributed by atoms with van der Waals surface area (Å²) in [5.41, 5.74) is -1.18. The van der Waals surface area contributed by atoms with Gasteiger partial charge < -0.3 is 9.47 Å². The van der Waals surface area contributed by atoms with Gasteiger partial charge in [0.25, 0.3) is 0 Å². The number of benzene rings is 1. The maximum atomic E-state index is 14.1. The molecule has 7 heteroatoms. The van der Waals surface area contributed by atoms with Crippen molar-refractivity contribution in [3.63, 3.8) is 0 Å². The molecule has 0 spiro atoms. The average molecular weight is 295 g/mol. The molecule has 1 heterocycles. The number of alkyl halides is 1. The lowest BCUT2D eigenvalue weighted by Gasteiger charge is -2.19. The molecule has 18 heavy (non-hydrogen) atoms. The van der Waals surface area contributed by atoms with Crippen LogP contribution in [0, 0.1) is 0 Å². The van der Waals surface area contributed by atoms with E-state index in [-0.39, 0.29) is 17.9 Å². The molecule has 0 saturated heterocycles. The summed E-state index contributed by atoms with van der Waals surface area (Å²) >= 11 is 0. The molecule has 4 nitrogen and oxygen atoms in total. The van der Waals surface area contributed by atoms with Crippen LogP contribution in [-0.4, -0.2) is 15.2 Å². The highest BCUT2D eigenvalue weighted by Gasteiger charge is 2.28. The lowest BCUT2D eigenvalue weighted by atomic mass is 9.95. The maximum absolute atomic E-state index is 14.1. The summed E-state index contributed by atoms with van der Waals surface area (Å²) in [6, 6.07) is 2.92. The van der Waals surface area contributed by atoms with E-state index in [2.05, 4.69) is 0 Å². The molecule has 0 radical (unpaired) electrons. The summed E-state index contributed by atoms with van der Waals surface area (Å²) in [5, 5.41) is 0. The van der Waals surface area contributed by atoms with Crippen LogP contribution in [0.3, 0.4) is 0 Å². The number of rotatable bonds is 3. The first-order valence-electron chi connectivity index (χ1n) is 5.21. The lowest BCUT2D eigenvalue weighted by Crippen LogP contribution is -2.13. The molecule has 1 aromatic carbocycles. The molecule has 0 amide bonds. The molecule has 1 aromatic rings. The van der Waals surface area contributed by atoms with E-state index < -0.39 is 20.5 Å². The van der Waals surface area contributed by atoms with E-state index >= 15 is 0 Å². The highest BCUT2D eigenvalue weighted by molar-refractivity contribution is 8.13. The van der Waals surface area contributed by atoms with Crippen LogP contribution in [0.4, 0.5) is 4.39 Å². The monoisotopic (exact) mass is 294 g/mol. The minimum absolute atomic E-state index is 0.0402. The molecule has 0 atom stereocenters. The zero-order chi connectivity index (χ0) is 13.6. The second kappa shape index (κ2) is 4.28. The Morgan fingerprint density at radius 3 is 2.39 bits per heavy atom. The van der Waals surface area contributed by atoms with Crippen molar-refractivity contribution in [2.45, 2.75) is 25.3 Å². The Morgan fingerprint density at radius 1 is 1.33 bits per heavy atom. The van der Waals surface area contributed by atoms with Gasteiger partial charge in [-0.15, -0.1) is 0 Å². The third kappa shape index (κ3) is 2.87. The molecule has 0 fully saturated rings. The second-order valence-electron chi connectivity index (χ2n) is 4.52. The summed E-state index contributed by atoms with van der Waals surface area (Å²) in [7, 11) is 1.45. The van der Waals surface area contributed by atoms with E-state index in [4.69, 9.17) is 20.2 Å². The van der Waals surface area contributed by atoms with Crippen LogP contribution >= 0.6 is 10.7 Å². The quantitative estimate of drug-likeness (QED) is 0.804. The van der Waals surface area contributed by atoms with Gasteiger partial charge in [-0.2, -0.15) is 0 Å². The smallest absolute Gasteiger partial charge is 0.236 e. The standard InChI is InChI=1S/C11H12ClFO4S/c1-11(2,13)8-4-10-9(16-6-17-10)3-7(8)5-18(12,14)15/h3-4H,5-6H2,1-2H3. The summed E-state index contributed by atoms with van der Waals surface area (Å²) in [5.74, 6) is 0.359. The van der Waals surface area contributed by atoms with Crippen molar-refractivity contribution in [3.8, 4) is 11.5 Å². The Labute approximate surface area is 109 Å². The van der Waals surface area contributed by atoms with Crippen molar-refractivity contribution >= 4 is 19.7 Å². The van der Waals surface area contributed by atoms with E-state index in [0.29, 0.717) is 11.5 Å². The molecule has 0 unspecified atom stereocenters. The Bertz CT molecular complexity index is 577. The van der Waals surface area contributed by atoms with Crippen LogP contribution in [0.2, 0.25) is 0 Å². The van der Waals surface area contributed by atoms with E-state index in [1.807, 2.05) is 0 Å². The maximum Gasteiger partial charge on any atom is 0.236 e. The summed E-state index contributed by atoms with van der Waals surface area (Å²) < 4.78 is 46.7. The number of fused-ring (bicyclic) bond motifs is 1. The highest BCUT2D eigenvalue weighted by atomic mass is 35.7. The second-order valence-corrected chi connectivity index (χ2v) is 7.30. The minimum atomic E-state index is -3.77. The first-order chi connectivity index (χ1) is 8.17. The van der Waals surface area contributed by atoms with E-state index in [0.717, 1.165) is 0 Å². The Hall–Kier alpha value is -1.01. The Balaban J connectivity index is 2.55. The SMILES string of the molecule is CC(C)(F)c1cc2c(cc1CS(=O)(=O)Cl)OCO2. The van der Waals surface area contributed by atoms with Gasteiger partial charge in [-0.3, -0.25) is 0 Å². The van der Waals surface area contributed by atoms with Gasteiger partial charge in [-0.1, -0.05) is 0 Å². The van der Waals surface area contributed by atoms with Crippen molar-refractivity contribution in [1.82, 2.24) is 0 Å². The topological polar surface area (TPSA) is 52.6 Å². The Morgan fingerprint density at radius 2 is 1.89 bits per heavy atom. The summed E-state index contributed by atoms with van der Waals surface area (Å²) in [4.78, 5) is 0. The van der Waals surface area contributed by atoms with Crippen molar-refractivity contribution < 1.29 is 22.3 Å². The van der Waals surface area contributed by atoms with Crippen LogP contribution in [0.25, 0.3) is 0 Å². The van der Waals surface area contributed by atoms with Gasteiger partial charge in [-0.05, 0) is 37.1 Å². The van der Waals surface area contributed by atoms with E-state index in [1.165, 1.54) is 26.0 Å². The highest BCUT2D eigenvalue weighted by Crippen LogP contribution is 2.40. The van der Waals surface area contributed by atoms with Crippen molar-refractivity contribution in [2.75, 3.05) is 6.79 Å². The first kappa shape index (κ1) is 13.4. The molecule has 0 aromatic heterocycles. The molecule has 1 aliphatic heterocycles. The average Bonchev–Trinajstić information content (AvgIpc) is 2.58. The van der Waals surface area contributed by atoms with Gasteiger partial charge >= 0.3 is 0 Å². The molecule has 0 aliphatic carbocycles. The minimum Gasteiger partial charge on any atom is -0.454 e. The van der Waals surface area contributed by atoms with Gasteiger partial charge in [0.2, 0.25) is 15.8 Å². The summed E-state index contributed by atoms with van der Waals surface area (Å²) in [6.07, 6.45) is 0. The van der Waals surface area contributed by atoms with Crippen LogP contribution in [0.15, 0.2) is 12.1 Å². The normalized spacial score (nSPS) is 14.9. The van der Waals surface area contributed by atoms with Gasteiger partial charge in [0.1, 0.15) is 5.67 Å². The zero-order valence-corrected chi connectivity index (χ0v) is 11.4. The zero-order valence-electron chi connectivity index (χ0n) is 9.87. The summed E-state index contributed by atoms with van der Waals surface area (Å²) in [6.45, 7) is 2.72. The third-order valence-electron chi connectivity index (χ3n) is 2.57. The van der Waals surface area contributed by atoms with Crippen molar-refractivity contribution in [1.29, 1.82) is 0 Å². The molecule has 0 saturated carbocycles. The number of ether oxygens (including phenoxy) is 2. The molecule has 0 bridgehead atoms. The van der Waals surface area contributed by atoms with E-state index in [1.54, 1.807) is 0 Å². The van der Waals surface area contributed by atoms with Gasteiger partial charge in [0.15, 0.2) is 11.5 Å². The predicted molar refractivity (Wildman–Crippen MR) is 65.2 cm³/mol. The number of hydrogen-bond donors (Lipinski definition) is 0. The third-order valence-corrected chi connectivity index (χ3v) is 3.55. The molecule has 0 N–H and O–H groups in total. The van der Waals surface area contributed by atoms with E-state index in [9.17, 15) is 12.8 Å². The fourth-order valence-corrected chi connectivity index (χ4v) is 2.81. The lowest BCUT2D eigenvalue weighted by molar-refractivity contribution is 0.173. The Kier molecular flexibility index (Phi) is 3.19. The molecular weight excluding hydrogens is 283 g/mol. The van der Waals surface area contributed by atoms with Crippen LogP contribution in [0.5, 0.6) is 11.5 Å². The molecule has 1 aliphatic rings. The van der Waals surface area contributed by atoms with Gasteiger partial charge in [0.05, 0.1) is 5.75 Å². The fraction of sp³-hybridized carbons (Fsp3) is 0.455. The first-order valence-corrected chi connectivity index (χ1v) is 7.69.